The Kier molecular flexibility index (Phi) is 5.16. The number of hydrogen-bond donors (Lipinski definition) is 1. The van der Waals surface area contributed by atoms with Gasteiger partial charge >= 0.3 is 0 Å². The summed E-state index contributed by atoms with van der Waals surface area (Å²) in [5.41, 5.74) is 8.52. The van der Waals surface area contributed by atoms with Gasteiger partial charge in [0.1, 0.15) is 0 Å². The van der Waals surface area contributed by atoms with Gasteiger partial charge in [-0.15, -0.1) is 11.3 Å². The average molecular weight is 339 g/mol. The highest BCUT2D eigenvalue weighted by Crippen LogP contribution is 2.25. The smallest absolute Gasteiger partial charge is 0.0471 e. The van der Waals surface area contributed by atoms with Crippen molar-refractivity contribution in [1.29, 1.82) is 0 Å². The molecule has 1 heterocycles. The van der Waals surface area contributed by atoms with E-state index in [1.54, 1.807) is 11.3 Å². The molecule has 2 N–H and O–H groups in total. The van der Waals surface area contributed by atoms with Crippen LogP contribution in [0.25, 0.3) is 0 Å². The number of aryl methyl sites for hydroxylation is 1. The molecule has 0 radical (unpaired) electrons. The van der Waals surface area contributed by atoms with Crippen molar-refractivity contribution in [3.63, 3.8) is 0 Å². The summed E-state index contributed by atoms with van der Waals surface area (Å²) in [7, 11) is 2.13. The summed E-state index contributed by atoms with van der Waals surface area (Å²) >= 11 is 5.27. The Bertz CT molecular complexity index is 521. The summed E-state index contributed by atoms with van der Waals surface area (Å²) in [6, 6.07) is 11.1. The highest BCUT2D eigenvalue weighted by Gasteiger charge is 2.16. The summed E-state index contributed by atoms with van der Waals surface area (Å²) in [4.78, 5) is 3.66. The Balaban J connectivity index is 2.10. The minimum absolute atomic E-state index is 0.265. The molecule has 1 aromatic heterocycles. The maximum Gasteiger partial charge on any atom is 0.0471 e. The fraction of sp³-hybridized carbons (Fsp3) is 0.333. The number of halogens is 1. The van der Waals surface area contributed by atoms with Crippen molar-refractivity contribution in [3.05, 3.63) is 56.2 Å². The minimum atomic E-state index is 0.265. The van der Waals surface area contributed by atoms with Gasteiger partial charge in [0.15, 0.2) is 0 Å². The van der Waals surface area contributed by atoms with E-state index in [0.717, 1.165) is 11.0 Å². The Hall–Kier alpha value is -0.680. The molecule has 0 amide bonds. The van der Waals surface area contributed by atoms with Gasteiger partial charge in [-0.25, -0.2) is 0 Å². The summed E-state index contributed by atoms with van der Waals surface area (Å²) in [5, 5.41) is 2.12. The molecule has 0 aliphatic carbocycles. The molecule has 0 aliphatic rings. The molecule has 1 unspecified atom stereocenters. The van der Waals surface area contributed by atoms with Crippen LogP contribution in [0.1, 0.15) is 22.0 Å². The van der Waals surface area contributed by atoms with Crippen LogP contribution >= 0.6 is 27.3 Å². The zero-order chi connectivity index (χ0) is 13.8. The molecule has 4 heteroatoms. The summed E-state index contributed by atoms with van der Waals surface area (Å²) in [5.74, 6) is 0. The van der Waals surface area contributed by atoms with Gasteiger partial charge in [0.05, 0.1) is 0 Å². The van der Waals surface area contributed by atoms with Crippen molar-refractivity contribution in [3.8, 4) is 0 Å². The molecule has 0 bridgehead atoms. The Morgan fingerprint density at radius 3 is 2.53 bits per heavy atom. The minimum Gasteiger partial charge on any atom is -0.329 e. The molecular weight excluding hydrogens is 320 g/mol. The van der Waals surface area contributed by atoms with E-state index >= 15 is 0 Å². The van der Waals surface area contributed by atoms with E-state index < -0.39 is 0 Å². The van der Waals surface area contributed by atoms with Crippen LogP contribution in [0, 0.1) is 6.92 Å². The third-order valence-electron chi connectivity index (χ3n) is 3.24. The lowest BCUT2D eigenvalue weighted by atomic mass is 10.0. The van der Waals surface area contributed by atoms with Crippen LogP contribution in [0.2, 0.25) is 0 Å². The SMILES string of the molecule is Cc1ccc(C(CN)N(C)Cc2cc(Br)cs2)cc1. The van der Waals surface area contributed by atoms with E-state index in [2.05, 4.69) is 70.5 Å². The highest BCUT2D eigenvalue weighted by molar-refractivity contribution is 9.10. The molecule has 0 aliphatic heterocycles. The first-order valence-corrected chi connectivity index (χ1v) is 7.97. The van der Waals surface area contributed by atoms with Crippen LogP contribution in [-0.4, -0.2) is 18.5 Å². The quantitative estimate of drug-likeness (QED) is 0.894. The largest absolute Gasteiger partial charge is 0.329 e. The van der Waals surface area contributed by atoms with Gasteiger partial charge in [-0.1, -0.05) is 29.8 Å². The number of nitrogens with two attached hydrogens (primary N) is 1. The standard InChI is InChI=1S/C15H19BrN2S/c1-11-3-5-12(6-4-11)15(8-17)18(2)9-14-7-13(16)10-19-14/h3-7,10,15H,8-9,17H2,1-2H3. The van der Waals surface area contributed by atoms with Crippen LogP contribution in [-0.2, 0) is 6.54 Å². The second kappa shape index (κ2) is 6.66. The number of benzene rings is 1. The van der Waals surface area contributed by atoms with E-state index in [1.807, 2.05) is 0 Å². The number of thiophene rings is 1. The molecule has 0 spiro atoms. The fourth-order valence-electron chi connectivity index (χ4n) is 2.15. The normalized spacial score (nSPS) is 12.9. The molecule has 19 heavy (non-hydrogen) atoms. The van der Waals surface area contributed by atoms with Crippen molar-refractivity contribution in [2.24, 2.45) is 5.73 Å². The van der Waals surface area contributed by atoms with Crippen molar-refractivity contribution in [2.75, 3.05) is 13.6 Å². The second-order valence-electron chi connectivity index (χ2n) is 4.81. The van der Waals surface area contributed by atoms with E-state index in [1.165, 1.54) is 16.0 Å². The van der Waals surface area contributed by atoms with Crippen molar-refractivity contribution in [2.45, 2.75) is 19.5 Å². The maximum atomic E-state index is 5.96. The zero-order valence-electron chi connectivity index (χ0n) is 11.3. The third-order valence-corrected chi connectivity index (χ3v) is 4.93. The molecule has 0 fully saturated rings. The molecule has 2 aromatic rings. The van der Waals surface area contributed by atoms with Gasteiger partial charge in [0.25, 0.3) is 0 Å². The Labute approximate surface area is 127 Å². The number of nitrogens with zero attached hydrogens (tertiary/aromatic N) is 1. The summed E-state index contributed by atoms with van der Waals surface area (Å²) in [6.07, 6.45) is 0. The van der Waals surface area contributed by atoms with Gasteiger partial charge in [-0.2, -0.15) is 0 Å². The number of likely N-dealkylation sites (N-methyl/N-ethyl adjacent to an activating group) is 1. The molecule has 1 atom stereocenters. The predicted octanol–water partition coefficient (Wildman–Crippen LogP) is 3.95. The summed E-state index contributed by atoms with van der Waals surface area (Å²) in [6.45, 7) is 3.66. The maximum absolute atomic E-state index is 5.96. The van der Waals surface area contributed by atoms with Crippen molar-refractivity contribution in [1.82, 2.24) is 4.90 Å². The fourth-order valence-corrected chi connectivity index (χ4v) is 3.67. The van der Waals surface area contributed by atoms with Crippen LogP contribution in [0.15, 0.2) is 40.2 Å². The van der Waals surface area contributed by atoms with Crippen molar-refractivity contribution >= 4 is 27.3 Å². The van der Waals surface area contributed by atoms with Crippen LogP contribution in [0.5, 0.6) is 0 Å². The molecular formula is C15H19BrN2S. The first kappa shape index (κ1) is 14.7. The lowest BCUT2D eigenvalue weighted by molar-refractivity contribution is 0.244. The second-order valence-corrected chi connectivity index (χ2v) is 6.72. The molecule has 1 aromatic carbocycles. The molecule has 2 rings (SSSR count). The number of rotatable bonds is 5. The van der Waals surface area contributed by atoms with Gasteiger partial charge in [-0.3, -0.25) is 4.90 Å². The zero-order valence-corrected chi connectivity index (χ0v) is 13.7. The van der Waals surface area contributed by atoms with E-state index in [-0.39, 0.29) is 6.04 Å². The third kappa shape index (κ3) is 3.89. The Morgan fingerprint density at radius 2 is 2.00 bits per heavy atom. The predicted molar refractivity (Wildman–Crippen MR) is 86.5 cm³/mol. The molecule has 0 saturated carbocycles. The lowest BCUT2D eigenvalue weighted by Crippen LogP contribution is -2.29. The Morgan fingerprint density at radius 1 is 1.32 bits per heavy atom. The first-order chi connectivity index (χ1) is 9.10. The molecule has 102 valence electrons. The first-order valence-electron chi connectivity index (χ1n) is 6.30. The van der Waals surface area contributed by atoms with Gasteiger partial charge in [0, 0.05) is 33.9 Å². The van der Waals surface area contributed by atoms with E-state index in [9.17, 15) is 0 Å². The highest BCUT2D eigenvalue weighted by atomic mass is 79.9. The van der Waals surface area contributed by atoms with Gasteiger partial charge in [-0.05, 0) is 41.5 Å². The van der Waals surface area contributed by atoms with E-state index in [4.69, 9.17) is 5.73 Å². The molecule has 0 saturated heterocycles. The van der Waals surface area contributed by atoms with Gasteiger partial charge < -0.3 is 5.73 Å². The van der Waals surface area contributed by atoms with Crippen LogP contribution in [0.3, 0.4) is 0 Å². The van der Waals surface area contributed by atoms with Gasteiger partial charge in [0.2, 0.25) is 0 Å². The summed E-state index contributed by atoms with van der Waals surface area (Å²) < 4.78 is 1.15. The molecule has 2 nitrogen and oxygen atoms in total. The topological polar surface area (TPSA) is 29.3 Å². The average Bonchev–Trinajstić information content (AvgIpc) is 2.78. The lowest BCUT2D eigenvalue weighted by Gasteiger charge is -2.27. The monoisotopic (exact) mass is 338 g/mol. The number of hydrogen-bond acceptors (Lipinski definition) is 3. The van der Waals surface area contributed by atoms with Crippen LogP contribution in [0.4, 0.5) is 0 Å². The van der Waals surface area contributed by atoms with Crippen molar-refractivity contribution < 1.29 is 0 Å². The van der Waals surface area contributed by atoms with E-state index in [0.29, 0.717) is 6.54 Å². The van der Waals surface area contributed by atoms with Crippen LogP contribution < -0.4 is 5.73 Å².